The van der Waals surface area contributed by atoms with Gasteiger partial charge in [-0.2, -0.15) is 0 Å². The summed E-state index contributed by atoms with van der Waals surface area (Å²) in [5.41, 5.74) is 2.43. The molecule has 64 valence electrons. The summed E-state index contributed by atoms with van der Waals surface area (Å²) < 4.78 is 1.12. The third kappa shape index (κ3) is 2.11. The van der Waals surface area contributed by atoms with Crippen LogP contribution in [0.3, 0.4) is 0 Å². The Kier molecular flexibility index (Phi) is 3.35. The van der Waals surface area contributed by atoms with Gasteiger partial charge in [0.2, 0.25) is 0 Å². The number of halogens is 1. The normalized spacial score (nSPS) is 9.50. The maximum atomic E-state index is 3.63. The molecule has 0 bridgehead atoms. The maximum absolute atomic E-state index is 3.63. The molecule has 0 aliphatic heterocycles. The number of anilines is 1. The summed E-state index contributed by atoms with van der Waals surface area (Å²) in [4.78, 5) is 0. The Hall–Kier alpha value is -0.760. The van der Waals surface area contributed by atoms with Crippen LogP contribution in [0.5, 0.6) is 0 Å². The number of aryl methyl sites for hydroxylation is 1. The molecule has 0 atom stereocenters. The van der Waals surface area contributed by atoms with Crippen LogP contribution in [-0.2, 0) is 6.42 Å². The summed E-state index contributed by atoms with van der Waals surface area (Å²) in [6, 6.07) is 6.18. The first-order valence-electron chi connectivity index (χ1n) is 3.93. The van der Waals surface area contributed by atoms with Gasteiger partial charge in [-0.1, -0.05) is 29.4 Å². The minimum absolute atomic E-state index is 1.02. The van der Waals surface area contributed by atoms with E-state index in [1.165, 1.54) is 5.56 Å². The van der Waals surface area contributed by atoms with Gasteiger partial charge in [-0.15, -0.1) is 0 Å². The van der Waals surface area contributed by atoms with Gasteiger partial charge in [0.1, 0.15) is 0 Å². The molecule has 1 N–H and O–H groups in total. The van der Waals surface area contributed by atoms with Crippen LogP contribution < -0.4 is 5.32 Å². The zero-order valence-electron chi connectivity index (χ0n) is 7.10. The Balaban J connectivity index is 3.01. The van der Waals surface area contributed by atoms with E-state index >= 15 is 0 Å². The van der Waals surface area contributed by atoms with Crippen LogP contribution in [0.1, 0.15) is 12.5 Å². The standard InChI is InChI=1S/C10H12BrN/c1-3-8-7-9(11)5-6-10(8)12-4-2/h4-7,12H,2-3H2,1H3. The van der Waals surface area contributed by atoms with Crippen molar-refractivity contribution in [3.05, 3.63) is 41.0 Å². The minimum Gasteiger partial charge on any atom is -0.362 e. The van der Waals surface area contributed by atoms with Crippen LogP contribution in [0.25, 0.3) is 0 Å². The largest absolute Gasteiger partial charge is 0.362 e. The third-order valence-corrected chi connectivity index (χ3v) is 2.20. The van der Waals surface area contributed by atoms with Crippen molar-refractivity contribution in [1.29, 1.82) is 0 Å². The zero-order valence-corrected chi connectivity index (χ0v) is 8.69. The van der Waals surface area contributed by atoms with Crippen molar-refractivity contribution >= 4 is 21.6 Å². The van der Waals surface area contributed by atoms with Crippen molar-refractivity contribution in [3.8, 4) is 0 Å². The monoisotopic (exact) mass is 225 g/mol. The summed E-state index contributed by atoms with van der Waals surface area (Å²) in [7, 11) is 0. The van der Waals surface area contributed by atoms with E-state index in [9.17, 15) is 0 Å². The van der Waals surface area contributed by atoms with Gasteiger partial charge in [0.25, 0.3) is 0 Å². The second-order valence-corrected chi connectivity index (χ2v) is 3.42. The quantitative estimate of drug-likeness (QED) is 0.830. The van der Waals surface area contributed by atoms with Gasteiger partial charge in [-0.05, 0) is 36.4 Å². The fraction of sp³-hybridized carbons (Fsp3) is 0.200. The number of benzene rings is 1. The molecule has 0 aliphatic rings. The topological polar surface area (TPSA) is 12.0 Å². The van der Waals surface area contributed by atoms with E-state index in [0.717, 1.165) is 16.6 Å². The third-order valence-electron chi connectivity index (χ3n) is 1.71. The van der Waals surface area contributed by atoms with Gasteiger partial charge in [0.05, 0.1) is 0 Å². The molecule has 1 aromatic rings. The molecule has 12 heavy (non-hydrogen) atoms. The van der Waals surface area contributed by atoms with Gasteiger partial charge in [0, 0.05) is 10.2 Å². The number of hydrogen-bond acceptors (Lipinski definition) is 1. The number of hydrogen-bond donors (Lipinski definition) is 1. The lowest BCUT2D eigenvalue weighted by molar-refractivity contribution is 1.14. The predicted octanol–water partition coefficient (Wildman–Crippen LogP) is 3.57. The molecule has 1 aromatic carbocycles. The molecule has 2 heteroatoms. The second-order valence-electron chi connectivity index (χ2n) is 2.50. The highest BCUT2D eigenvalue weighted by Crippen LogP contribution is 2.21. The van der Waals surface area contributed by atoms with Crippen LogP contribution >= 0.6 is 15.9 Å². The highest BCUT2D eigenvalue weighted by atomic mass is 79.9. The SMILES string of the molecule is C=CNc1ccc(Br)cc1CC. The van der Waals surface area contributed by atoms with Gasteiger partial charge in [0.15, 0.2) is 0 Å². The lowest BCUT2D eigenvalue weighted by atomic mass is 10.1. The average molecular weight is 226 g/mol. The Labute approximate surface area is 81.6 Å². The molecule has 0 heterocycles. The molecule has 0 aliphatic carbocycles. The van der Waals surface area contributed by atoms with E-state index in [2.05, 4.69) is 40.8 Å². The zero-order chi connectivity index (χ0) is 8.97. The first-order chi connectivity index (χ1) is 5.77. The van der Waals surface area contributed by atoms with E-state index in [-0.39, 0.29) is 0 Å². The van der Waals surface area contributed by atoms with Crippen molar-refractivity contribution in [2.24, 2.45) is 0 Å². The lowest BCUT2D eigenvalue weighted by Gasteiger charge is -2.07. The smallest absolute Gasteiger partial charge is 0.0412 e. The molecule has 1 rings (SSSR count). The van der Waals surface area contributed by atoms with Crippen molar-refractivity contribution in [2.45, 2.75) is 13.3 Å². The Bertz CT molecular complexity index is 281. The van der Waals surface area contributed by atoms with Crippen LogP contribution in [-0.4, -0.2) is 0 Å². The molecule has 1 nitrogen and oxygen atoms in total. The second kappa shape index (κ2) is 4.31. The molecule has 0 fully saturated rings. The molecule has 0 radical (unpaired) electrons. The Morgan fingerprint density at radius 2 is 2.33 bits per heavy atom. The fourth-order valence-electron chi connectivity index (χ4n) is 1.11. The van der Waals surface area contributed by atoms with E-state index < -0.39 is 0 Å². The Morgan fingerprint density at radius 3 is 2.92 bits per heavy atom. The maximum Gasteiger partial charge on any atom is 0.0412 e. The van der Waals surface area contributed by atoms with Gasteiger partial charge < -0.3 is 5.32 Å². The van der Waals surface area contributed by atoms with Gasteiger partial charge in [-0.25, -0.2) is 0 Å². The van der Waals surface area contributed by atoms with Crippen molar-refractivity contribution in [1.82, 2.24) is 0 Å². The fourth-order valence-corrected chi connectivity index (χ4v) is 1.51. The Morgan fingerprint density at radius 1 is 1.58 bits per heavy atom. The van der Waals surface area contributed by atoms with E-state index in [4.69, 9.17) is 0 Å². The van der Waals surface area contributed by atoms with Crippen molar-refractivity contribution in [2.75, 3.05) is 5.32 Å². The number of rotatable bonds is 3. The van der Waals surface area contributed by atoms with E-state index in [1.54, 1.807) is 6.20 Å². The van der Waals surface area contributed by atoms with E-state index in [0.29, 0.717) is 0 Å². The highest BCUT2D eigenvalue weighted by molar-refractivity contribution is 9.10. The summed E-state index contributed by atoms with van der Waals surface area (Å²) in [6.45, 7) is 5.77. The molecule has 0 aromatic heterocycles. The molecule has 0 spiro atoms. The van der Waals surface area contributed by atoms with Gasteiger partial charge >= 0.3 is 0 Å². The van der Waals surface area contributed by atoms with Crippen LogP contribution in [0.15, 0.2) is 35.5 Å². The molecule has 0 amide bonds. The van der Waals surface area contributed by atoms with Crippen LogP contribution in [0.2, 0.25) is 0 Å². The molecular weight excluding hydrogens is 214 g/mol. The van der Waals surface area contributed by atoms with Crippen molar-refractivity contribution in [3.63, 3.8) is 0 Å². The summed E-state index contributed by atoms with van der Waals surface area (Å²) >= 11 is 3.43. The number of nitrogens with one attached hydrogen (secondary N) is 1. The summed E-state index contributed by atoms with van der Waals surface area (Å²) in [5.74, 6) is 0. The lowest BCUT2D eigenvalue weighted by Crippen LogP contribution is -1.92. The molecular formula is C10H12BrN. The van der Waals surface area contributed by atoms with Gasteiger partial charge in [-0.3, -0.25) is 0 Å². The molecule has 0 saturated carbocycles. The average Bonchev–Trinajstić information content (AvgIpc) is 2.08. The van der Waals surface area contributed by atoms with Crippen LogP contribution in [0.4, 0.5) is 5.69 Å². The van der Waals surface area contributed by atoms with E-state index in [1.807, 2.05) is 12.1 Å². The van der Waals surface area contributed by atoms with Crippen molar-refractivity contribution < 1.29 is 0 Å². The summed E-state index contributed by atoms with van der Waals surface area (Å²) in [5, 5.41) is 3.10. The minimum atomic E-state index is 1.02. The first-order valence-corrected chi connectivity index (χ1v) is 4.73. The highest BCUT2D eigenvalue weighted by Gasteiger charge is 1.98. The first kappa shape index (κ1) is 9.33. The predicted molar refractivity (Wildman–Crippen MR) is 57.3 cm³/mol. The summed E-state index contributed by atoms with van der Waals surface area (Å²) in [6.07, 6.45) is 2.72. The molecule has 0 saturated heterocycles. The van der Waals surface area contributed by atoms with Crippen LogP contribution in [0, 0.1) is 0 Å². The molecule has 0 unspecified atom stereocenters.